The molecule has 0 aromatic carbocycles. The average molecular weight is 338 g/mol. The van der Waals surface area contributed by atoms with E-state index in [0.717, 1.165) is 15.9 Å². The fourth-order valence-electron chi connectivity index (χ4n) is 2.13. The lowest BCUT2D eigenvalue weighted by atomic mass is 10.2. The van der Waals surface area contributed by atoms with Crippen LogP contribution in [0.3, 0.4) is 0 Å². The van der Waals surface area contributed by atoms with E-state index < -0.39 is 12.7 Å². The van der Waals surface area contributed by atoms with Gasteiger partial charge in [0, 0.05) is 32.4 Å². The zero-order chi connectivity index (χ0) is 14.0. The van der Waals surface area contributed by atoms with Crippen LogP contribution in [-0.4, -0.2) is 48.8 Å². The molecule has 1 fully saturated rings. The van der Waals surface area contributed by atoms with E-state index in [4.69, 9.17) is 0 Å². The molecule has 0 N–H and O–H groups in total. The van der Waals surface area contributed by atoms with Crippen molar-refractivity contribution in [2.45, 2.75) is 13.1 Å². The average Bonchev–Trinajstić information content (AvgIpc) is 2.28. The first-order chi connectivity index (χ1) is 8.85. The Hall–Kier alpha value is -0.820. The standard InChI is InChI=1S/C12H15BrF3N3/c1-9-6-10(13)11(17-7-9)19-4-2-18(3-5-19)8-12(14,15)16/h6-7H,2-5,8H2,1H3. The van der Waals surface area contributed by atoms with Gasteiger partial charge < -0.3 is 4.90 Å². The van der Waals surface area contributed by atoms with Gasteiger partial charge in [-0.05, 0) is 34.5 Å². The summed E-state index contributed by atoms with van der Waals surface area (Å²) < 4.78 is 37.8. The highest BCUT2D eigenvalue weighted by atomic mass is 79.9. The zero-order valence-corrected chi connectivity index (χ0v) is 12.1. The Balaban J connectivity index is 1.96. The summed E-state index contributed by atoms with van der Waals surface area (Å²) in [6.45, 7) is 3.05. The van der Waals surface area contributed by atoms with Gasteiger partial charge in [0.1, 0.15) is 5.82 Å². The summed E-state index contributed by atoms with van der Waals surface area (Å²) in [4.78, 5) is 7.78. The van der Waals surface area contributed by atoms with Gasteiger partial charge in [-0.1, -0.05) is 0 Å². The van der Waals surface area contributed by atoms with Crippen molar-refractivity contribution in [3.05, 3.63) is 22.3 Å². The van der Waals surface area contributed by atoms with E-state index in [-0.39, 0.29) is 0 Å². The first-order valence-corrected chi connectivity index (χ1v) is 6.81. The zero-order valence-electron chi connectivity index (χ0n) is 10.5. The van der Waals surface area contributed by atoms with Crippen molar-refractivity contribution in [3.8, 4) is 0 Å². The molecule has 2 heterocycles. The summed E-state index contributed by atoms with van der Waals surface area (Å²) in [6, 6.07) is 1.96. The van der Waals surface area contributed by atoms with Crippen LogP contribution in [0.25, 0.3) is 0 Å². The van der Waals surface area contributed by atoms with Crippen molar-refractivity contribution in [3.63, 3.8) is 0 Å². The molecule has 0 spiro atoms. The first-order valence-electron chi connectivity index (χ1n) is 6.01. The Bertz CT molecular complexity index is 442. The van der Waals surface area contributed by atoms with Crippen molar-refractivity contribution in [2.75, 3.05) is 37.6 Å². The van der Waals surface area contributed by atoms with Gasteiger partial charge in [-0.15, -0.1) is 0 Å². The molecule has 0 atom stereocenters. The van der Waals surface area contributed by atoms with Crippen molar-refractivity contribution in [1.82, 2.24) is 9.88 Å². The van der Waals surface area contributed by atoms with Crippen LogP contribution in [-0.2, 0) is 0 Å². The van der Waals surface area contributed by atoms with Crippen molar-refractivity contribution >= 4 is 21.7 Å². The van der Waals surface area contributed by atoms with Crippen LogP contribution in [0.4, 0.5) is 19.0 Å². The van der Waals surface area contributed by atoms with E-state index in [1.807, 2.05) is 17.9 Å². The molecule has 2 rings (SSSR count). The maximum Gasteiger partial charge on any atom is 0.401 e. The molecule has 1 aromatic rings. The maximum atomic E-state index is 12.3. The number of aryl methyl sites for hydroxylation is 1. The predicted molar refractivity (Wildman–Crippen MR) is 71.4 cm³/mol. The number of aromatic nitrogens is 1. The fourth-order valence-corrected chi connectivity index (χ4v) is 2.84. The SMILES string of the molecule is Cc1cnc(N2CCN(CC(F)(F)F)CC2)c(Br)c1. The third-order valence-corrected chi connectivity index (χ3v) is 3.62. The molecule has 0 bridgehead atoms. The van der Waals surface area contributed by atoms with Gasteiger partial charge >= 0.3 is 6.18 Å². The number of rotatable bonds is 2. The molecule has 1 saturated heterocycles. The molecule has 7 heteroatoms. The van der Waals surface area contributed by atoms with E-state index in [0.29, 0.717) is 26.2 Å². The molecule has 19 heavy (non-hydrogen) atoms. The minimum absolute atomic E-state index is 0.404. The largest absolute Gasteiger partial charge is 0.401 e. The molecule has 1 aliphatic heterocycles. The molecular weight excluding hydrogens is 323 g/mol. The molecule has 0 aliphatic carbocycles. The van der Waals surface area contributed by atoms with E-state index >= 15 is 0 Å². The number of hydrogen-bond acceptors (Lipinski definition) is 3. The van der Waals surface area contributed by atoms with E-state index in [2.05, 4.69) is 20.9 Å². The van der Waals surface area contributed by atoms with Crippen molar-refractivity contribution in [2.24, 2.45) is 0 Å². The second-order valence-electron chi connectivity index (χ2n) is 4.70. The Kier molecular flexibility index (Phi) is 4.35. The Labute approximate surface area is 118 Å². The van der Waals surface area contributed by atoms with Gasteiger partial charge in [-0.3, -0.25) is 4.90 Å². The van der Waals surface area contributed by atoms with Crippen LogP contribution in [0.5, 0.6) is 0 Å². The van der Waals surface area contributed by atoms with E-state index in [9.17, 15) is 13.2 Å². The summed E-state index contributed by atoms with van der Waals surface area (Å²) in [6.07, 6.45) is -2.35. The lowest BCUT2D eigenvalue weighted by Gasteiger charge is -2.36. The molecule has 1 aliphatic rings. The Morgan fingerprint density at radius 1 is 1.26 bits per heavy atom. The van der Waals surface area contributed by atoms with Crippen LogP contribution in [0.1, 0.15) is 5.56 Å². The van der Waals surface area contributed by atoms with Crippen LogP contribution in [0.2, 0.25) is 0 Å². The summed E-state index contributed by atoms with van der Waals surface area (Å²) >= 11 is 3.45. The smallest absolute Gasteiger partial charge is 0.353 e. The Morgan fingerprint density at radius 2 is 1.89 bits per heavy atom. The normalized spacial score (nSPS) is 17.8. The van der Waals surface area contributed by atoms with Gasteiger partial charge in [-0.2, -0.15) is 13.2 Å². The minimum Gasteiger partial charge on any atom is -0.353 e. The number of alkyl halides is 3. The summed E-state index contributed by atoms with van der Waals surface area (Å²) in [5.74, 6) is 0.803. The van der Waals surface area contributed by atoms with Crippen molar-refractivity contribution < 1.29 is 13.2 Å². The number of piperazine rings is 1. The van der Waals surface area contributed by atoms with Crippen molar-refractivity contribution in [1.29, 1.82) is 0 Å². The molecule has 106 valence electrons. The minimum atomic E-state index is -4.12. The first kappa shape index (κ1) is 14.6. The lowest BCUT2D eigenvalue weighted by Crippen LogP contribution is -2.49. The van der Waals surface area contributed by atoms with Gasteiger partial charge in [0.05, 0.1) is 11.0 Å². The summed E-state index contributed by atoms with van der Waals surface area (Å²) in [7, 11) is 0. The topological polar surface area (TPSA) is 19.4 Å². The number of nitrogens with zero attached hydrogens (tertiary/aromatic N) is 3. The van der Waals surface area contributed by atoms with E-state index in [1.54, 1.807) is 6.20 Å². The molecule has 0 unspecified atom stereocenters. The molecular formula is C12H15BrF3N3. The molecule has 0 saturated carbocycles. The third-order valence-electron chi connectivity index (χ3n) is 3.03. The van der Waals surface area contributed by atoms with Crippen LogP contribution < -0.4 is 4.90 Å². The monoisotopic (exact) mass is 337 g/mol. The lowest BCUT2D eigenvalue weighted by molar-refractivity contribution is -0.146. The summed E-state index contributed by atoms with van der Waals surface area (Å²) in [5, 5.41) is 0. The highest BCUT2D eigenvalue weighted by Crippen LogP contribution is 2.26. The number of hydrogen-bond donors (Lipinski definition) is 0. The third kappa shape index (κ3) is 4.07. The van der Waals surface area contributed by atoms with Gasteiger partial charge in [0.25, 0.3) is 0 Å². The van der Waals surface area contributed by atoms with Crippen LogP contribution in [0.15, 0.2) is 16.7 Å². The van der Waals surface area contributed by atoms with Gasteiger partial charge in [0.2, 0.25) is 0 Å². The quantitative estimate of drug-likeness (QED) is 0.827. The summed E-state index contributed by atoms with van der Waals surface area (Å²) in [5.41, 5.74) is 1.05. The predicted octanol–water partition coefficient (Wildman–Crippen LogP) is 2.84. The van der Waals surface area contributed by atoms with Gasteiger partial charge in [-0.25, -0.2) is 4.98 Å². The number of pyridine rings is 1. The van der Waals surface area contributed by atoms with E-state index in [1.165, 1.54) is 4.90 Å². The van der Waals surface area contributed by atoms with Crippen LogP contribution in [0, 0.1) is 6.92 Å². The second kappa shape index (κ2) is 5.66. The number of anilines is 1. The van der Waals surface area contributed by atoms with Crippen LogP contribution >= 0.6 is 15.9 Å². The second-order valence-corrected chi connectivity index (χ2v) is 5.55. The van der Waals surface area contributed by atoms with Gasteiger partial charge in [0.15, 0.2) is 0 Å². The molecule has 1 aromatic heterocycles. The maximum absolute atomic E-state index is 12.3. The molecule has 3 nitrogen and oxygen atoms in total. The fraction of sp³-hybridized carbons (Fsp3) is 0.583. The molecule has 0 radical (unpaired) electrons. The highest BCUT2D eigenvalue weighted by Gasteiger charge is 2.32. The molecule has 0 amide bonds. The number of halogens is 4. The highest BCUT2D eigenvalue weighted by molar-refractivity contribution is 9.10. The Morgan fingerprint density at radius 3 is 2.42 bits per heavy atom.